The summed E-state index contributed by atoms with van der Waals surface area (Å²) < 4.78 is 9.64. The van der Waals surface area contributed by atoms with Gasteiger partial charge < -0.3 is 4.43 Å². The fraction of sp³-hybridized carbons (Fsp3) is 1.00. The Labute approximate surface area is 111 Å². The van der Waals surface area contributed by atoms with Crippen LogP contribution in [0.1, 0.15) is 13.3 Å². The van der Waals surface area contributed by atoms with Gasteiger partial charge in [-0.05, 0) is 6.42 Å². The zero-order valence-electron chi connectivity index (χ0n) is 6.58. The van der Waals surface area contributed by atoms with Gasteiger partial charge >= 0.3 is 0 Å². The summed E-state index contributed by atoms with van der Waals surface area (Å²) in [7, 11) is -1.28. The third-order valence-electron chi connectivity index (χ3n) is 1.34. The normalized spacial score (nSPS) is 12.0. The summed E-state index contributed by atoms with van der Waals surface area (Å²) >= 11 is 7.41. The molecule has 0 aromatic rings. The maximum absolute atomic E-state index is 5.94. The van der Waals surface area contributed by atoms with Crippen LogP contribution in [0.4, 0.5) is 0 Å². The van der Waals surface area contributed by atoms with Crippen LogP contribution in [0.25, 0.3) is 0 Å². The molecule has 0 unspecified atom stereocenters. The lowest BCUT2D eigenvalue weighted by Gasteiger charge is -2.24. The highest BCUT2D eigenvalue weighted by Gasteiger charge is 2.30. The van der Waals surface area contributed by atoms with E-state index in [-0.39, 0.29) is 0 Å². The summed E-state index contributed by atoms with van der Waals surface area (Å²) in [6.45, 7) is 3.13. The summed E-state index contributed by atoms with van der Waals surface area (Å²) in [5.41, 5.74) is 0. The molecule has 0 atom stereocenters. The Kier molecular flexibility index (Phi) is 9.41. The van der Waals surface area contributed by atoms with E-state index in [1.54, 1.807) is 0 Å². The summed E-state index contributed by atoms with van der Waals surface area (Å²) in [6, 6.07) is 0. The van der Waals surface area contributed by atoms with Crippen LogP contribution in [0.15, 0.2) is 0 Å². The zero-order chi connectivity index (χ0) is 8.74. The molecule has 0 aliphatic carbocycles. The summed E-state index contributed by atoms with van der Waals surface area (Å²) in [5, 5.41) is 0. The zero-order valence-corrected chi connectivity index (χ0v) is 14.1. The average molecular weight is 510 g/mol. The Hall–Kier alpha value is 2.37. The molecule has 0 fully saturated rings. The minimum absolute atomic E-state index is 0.960. The van der Waals surface area contributed by atoms with Crippen molar-refractivity contribution in [3.63, 3.8) is 0 Å². The van der Waals surface area contributed by atoms with Gasteiger partial charge in [0.05, 0.1) is 0 Å². The minimum Gasteiger partial charge on any atom is -0.415 e. The first-order valence-electron chi connectivity index (χ1n) is 3.56. The molecule has 0 aliphatic rings. The van der Waals surface area contributed by atoms with E-state index < -0.39 is 8.32 Å². The largest absolute Gasteiger partial charge is 0.415 e. The molecule has 0 radical (unpaired) electrons. The minimum atomic E-state index is -1.28. The molecule has 0 saturated heterocycles. The van der Waals surface area contributed by atoms with E-state index in [1.165, 1.54) is 12.2 Å². The van der Waals surface area contributed by atoms with E-state index >= 15 is 0 Å². The van der Waals surface area contributed by atoms with Crippen molar-refractivity contribution in [1.82, 2.24) is 0 Å². The van der Waals surface area contributed by atoms with Crippen LogP contribution < -0.4 is 0 Å². The molecular weight excluding hydrogens is 497 g/mol. The molecule has 0 aromatic heterocycles. The monoisotopic (exact) mass is 510 g/mol. The highest BCUT2D eigenvalue weighted by molar-refractivity contribution is 14.1. The second kappa shape index (κ2) is 7.74. The average Bonchev–Trinajstić information content (AvgIpc) is 2.08. The molecule has 0 rings (SSSR count). The third-order valence-corrected chi connectivity index (χ3v) is 16.1. The smallest absolute Gasteiger partial charge is 0.221 e. The van der Waals surface area contributed by atoms with Gasteiger partial charge in [-0.15, -0.1) is 0 Å². The second-order valence-corrected chi connectivity index (χ2v) is 12.8. The van der Waals surface area contributed by atoms with Gasteiger partial charge in [0.1, 0.15) is 0 Å². The first-order chi connectivity index (χ1) is 5.24. The van der Waals surface area contributed by atoms with E-state index in [4.69, 9.17) is 4.43 Å². The Morgan fingerprint density at radius 3 is 1.82 bits per heavy atom. The topological polar surface area (TPSA) is 9.23 Å². The number of halogens is 3. The van der Waals surface area contributed by atoms with E-state index in [9.17, 15) is 0 Å². The Morgan fingerprint density at radius 1 is 1.09 bits per heavy atom. The van der Waals surface area contributed by atoms with E-state index in [0.29, 0.717) is 0 Å². The predicted molar refractivity (Wildman–Crippen MR) is 78.7 cm³/mol. The van der Waals surface area contributed by atoms with E-state index in [0.717, 1.165) is 13.0 Å². The van der Waals surface area contributed by atoms with Crippen molar-refractivity contribution in [3.8, 4) is 0 Å². The third kappa shape index (κ3) is 4.96. The second-order valence-electron chi connectivity index (χ2n) is 2.43. The Bertz CT molecular complexity index is 89.6. The molecule has 0 aromatic carbocycles. The number of rotatable bonds is 6. The molecule has 68 valence electrons. The van der Waals surface area contributed by atoms with Gasteiger partial charge in [-0.2, -0.15) is 0 Å². The van der Waals surface area contributed by atoms with Gasteiger partial charge in [0, 0.05) is 18.8 Å². The van der Waals surface area contributed by atoms with Crippen molar-refractivity contribution >= 4 is 76.1 Å². The molecule has 0 N–H and O–H groups in total. The predicted octanol–water partition coefficient (Wildman–Crippen LogP) is 3.28. The van der Waals surface area contributed by atoms with Gasteiger partial charge in [-0.1, -0.05) is 74.7 Å². The Balaban J connectivity index is 3.84. The van der Waals surface area contributed by atoms with Gasteiger partial charge in [-0.3, -0.25) is 0 Å². The SMILES string of the molecule is CCCO[Si](CI)(CI)CI. The van der Waals surface area contributed by atoms with Gasteiger partial charge in [0.25, 0.3) is 0 Å². The highest BCUT2D eigenvalue weighted by atomic mass is 127. The van der Waals surface area contributed by atoms with Gasteiger partial charge in [0.15, 0.2) is 0 Å². The van der Waals surface area contributed by atoms with Gasteiger partial charge in [-0.25, -0.2) is 0 Å². The lowest BCUT2D eigenvalue weighted by Crippen LogP contribution is -2.46. The Morgan fingerprint density at radius 2 is 1.55 bits per heavy atom. The first kappa shape index (κ1) is 13.4. The van der Waals surface area contributed by atoms with Crippen LogP contribution in [0.2, 0.25) is 0 Å². The lowest BCUT2D eigenvalue weighted by molar-refractivity contribution is 0.311. The number of alkyl halides is 3. The van der Waals surface area contributed by atoms with Gasteiger partial charge in [0.2, 0.25) is 8.32 Å². The van der Waals surface area contributed by atoms with Crippen LogP contribution >= 0.6 is 67.8 Å². The molecule has 0 amide bonds. The fourth-order valence-corrected chi connectivity index (χ4v) is 17.7. The van der Waals surface area contributed by atoms with E-state index in [1.807, 2.05) is 0 Å². The molecule has 1 nitrogen and oxygen atoms in total. The van der Waals surface area contributed by atoms with Crippen molar-refractivity contribution < 1.29 is 4.43 Å². The molecule has 5 heteroatoms. The molecule has 11 heavy (non-hydrogen) atoms. The van der Waals surface area contributed by atoms with Crippen molar-refractivity contribution in [1.29, 1.82) is 0 Å². The molecule has 0 bridgehead atoms. The maximum Gasteiger partial charge on any atom is 0.221 e. The first-order valence-corrected chi connectivity index (χ1v) is 10.7. The fourth-order valence-electron chi connectivity index (χ4n) is 0.541. The standard InChI is InChI=1S/C6H13I3OSi/c1-2-3-10-11(4-7,5-8)6-9/h2-6H2,1H3. The van der Waals surface area contributed by atoms with Crippen molar-refractivity contribution in [2.75, 3.05) is 18.8 Å². The molecular formula is C6H13I3OSi. The van der Waals surface area contributed by atoms with Crippen LogP contribution in [-0.2, 0) is 4.43 Å². The molecule has 0 saturated carbocycles. The van der Waals surface area contributed by atoms with Crippen molar-refractivity contribution in [3.05, 3.63) is 0 Å². The van der Waals surface area contributed by atoms with Crippen LogP contribution in [0.3, 0.4) is 0 Å². The molecule has 0 spiro atoms. The van der Waals surface area contributed by atoms with E-state index in [2.05, 4.69) is 74.7 Å². The summed E-state index contributed by atoms with van der Waals surface area (Å²) in [5.74, 6) is 0. The van der Waals surface area contributed by atoms with Crippen molar-refractivity contribution in [2.24, 2.45) is 0 Å². The lowest BCUT2D eigenvalue weighted by atomic mass is 10.5. The van der Waals surface area contributed by atoms with Crippen LogP contribution in [0.5, 0.6) is 0 Å². The number of hydrogen-bond acceptors (Lipinski definition) is 1. The number of hydrogen-bond donors (Lipinski definition) is 0. The summed E-state index contributed by atoms with van der Waals surface area (Å²) in [6.07, 6.45) is 1.15. The quantitative estimate of drug-likeness (QED) is 0.303. The maximum atomic E-state index is 5.94. The van der Waals surface area contributed by atoms with Crippen molar-refractivity contribution in [2.45, 2.75) is 13.3 Å². The molecule has 0 aliphatic heterocycles. The van der Waals surface area contributed by atoms with Crippen LogP contribution in [-0.4, -0.2) is 27.1 Å². The highest BCUT2D eigenvalue weighted by Crippen LogP contribution is 2.16. The molecule has 0 heterocycles. The van der Waals surface area contributed by atoms with Crippen LogP contribution in [0, 0.1) is 0 Å². The summed E-state index contributed by atoms with van der Waals surface area (Å²) in [4.78, 5) is 0.